The minimum absolute atomic E-state index is 0.100. The van der Waals surface area contributed by atoms with Gasteiger partial charge in [0.1, 0.15) is 5.82 Å². The Labute approximate surface area is 204 Å². The van der Waals surface area contributed by atoms with E-state index in [9.17, 15) is 14.0 Å². The first-order valence-electron chi connectivity index (χ1n) is 11.8. The van der Waals surface area contributed by atoms with E-state index in [4.69, 9.17) is 0 Å². The second kappa shape index (κ2) is 11.1. The number of fused-ring (bicyclic) bond motifs is 1. The van der Waals surface area contributed by atoms with Gasteiger partial charge in [0.05, 0.1) is 11.2 Å². The van der Waals surface area contributed by atoms with Crippen LogP contribution in [0.25, 0.3) is 10.9 Å². The molecule has 0 spiro atoms. The maximum atomic E-state index is 13.0. The number of carbonyl (C=O) groups is 2. The summed E-state index contributed by atoms with van der Waals surface area (Å²) < 4.78 is 13.0. The number of benzene rings is 2. The average Bonchev–Trinajstić information content (AvgIpc) is 3.31. The summed E-state index contributed by atoms with van der Waals surface area (Å²) in [5.74, 6) is -0.295. The summed E-state index contributed by atoms with van der Waals surface area (Å²) in [5.41, 5.74) is 3.27. The zero-order chi connectivity index (χ0) is 24.8. The van der Waals surface area contributed by atoms with E-state index in [1.807, 2.05) is 37.3 Å². The van der Waals surface area contributed by atoms with Gasteiger partial charge >= 0.3 is 12.1 Å². The predicted octanol–water partition coefficient (Wildman–Crippen LogP) is 3.72. The number of rotatable bonds is 7. The van der Waals surface area contributed by atoms with Gasteiger partial charge in [-0.25, -0.2) is 14.0 Å². The molecule has 3 aromatic rings. The van der Waals surface area contributed by atoms with E-state index >= 15 is 0 Å². The molecule has 184 valence electrons. The second-order valence-corrected chi connectivity index (χ2v) is 8.85. The number of nitrogens with one attached hydrogen (secondary N) is 3. The van der Waals surface area contributed by atoms with Crippen molar-refractivity contribution in [2.45, 2.75) is 25.9 Å². The first-order valence-corrected chi connectivity index (χ1v) is 11.8. The highest BCUT2D eigenvalue weighted by molar-refractivity contribution is 6.00. The van der Waals surface area contributed by atoms with Crippen LogP contribution in [-0.2, 0) is 6.54 Å². The van der Waals surface area contributed by atoms with Crippen molar-refractivity contribution in [3.63, 3.8) is 0 Å². The molecule has 1 aliphatic heterocycles. The largest absolute Gasteiger partial charge is 0.337 e. The SMILES string of the molecule is Cc1cc(NC(=O)NCCN2CCC(N(C)C(=O)NCc3ccc(F)cc3)C2)c2ccccc2n1. The number of anilines is 1. The number of likely N-dealkylation sites (N-methyl/N-ethyl adjacent to an activating group) is 1. The molecule has 0 radical (unpaired) electrons. The van der Waals surface area contributed by atoms with Gasteiger partial charge < -0.3 is 20.9 Å². The van der Waals surface area contributed by atoms with Crippen LogP contribution in [0.3, 0.4) is 0 Å². The fourth-order valence-corrected chi connectivity index (χ4v) is 4.31. The zero-order valence-corrected chi connectivity index (χ0v) is 20.1. The lowest BCUT2D eigenvalue weighted by molar-refractivity contribution is 0.188. The molecule has 2 aromatic carbocycles. The minimum atomic E-state index is -0.295. The van der Waals surface area contributed by atoms with Crippen LogP contribution in [-0.4, -0.2) is 66.1 Å². The molecule has 1 saturated heterocycles. The fraction of sp³-hybridized carbons (Fsp3) is 0.346. The van der Waals surface area contributed by atoms with Crippen LogP contribution in [0.1, 0.15) is 17.7 Å². The molecule has 4 rings (SSSR count). The summed E-state index contributed by atoms with van der Waals surface area (Å²) in [6.07, 6.45) is 0.870. The first kappa shape index (κ1) is 24.4. The molecular weight excluding hydrogens is 447 g/mol. The molecule has 9 heteroatoms. The number of nitrogens with zero attached hydrogens (tertiary/aromatic N) is 3. The smallest absolute Gasteiger partial charge is 0.319 e. The van der Waals surface area contributed by atoms with Gasteiger partial charge in [-0.1, -0.05) is 30.3 Å². The van der Waals surface area contributed by atoms with Crippen LogP contribution in [0.2, 0.25) is 0 Å². The van der Waals surface area contributed by atoms with Crippen LogP contribution >= 0.6 is 0 Å². The van der Waals surface area contributed by atoms with Gasteiger partial charge in [0.2, 0.25) is 0 Å². The van der Waals surface area contributed by atoms with Crippen molar-refractivity contribution in [1.29, 1.82) is 0 Å². The Morgan fingerprint density at radius 1 is 1.14 bits per heavy atom. The van der Waals surface area contributed by atoms with Crippen molar-refractivity contribution in [3.05, 3.63) is 71.7 Å². The van der Waals surface area contributed by atoms with Gasteiger partial charge in [0, 0.05) is 56.9 Å². The Hall–Kier alpha value is -3.72. The maximum absolute atomic E-state index is 13.0. The molecule has 1 atom stereocenters. The van der Waals surface area contributed by atoms with E-state index < -0.39 is 0 Å². The lowest BCUT2D eigenvalue weighted by Crippen LogP contribution is -2.45. The number of aryl methyl sites for hydroxylation is 1. The van der Waals surface area contributed by atoms with Crippen molar-refractivity contribution in [2.24, 2.45) is 0 Å². The summed E-state index contributed by atoms with van der Waals surface area (Å²) in [6.45, 7) is 5.06. The van der Waals surface area contributed by atoms with E-state index in [1.165, 1.54) is 12.1 Å². The number of halogens is 1. The third-order valence-electron chi connectivity index (χ3n) is 6.28. The number of hydrogen-bond donors (Lipinski definition) is 3. The third kappa shape index (κ3) is 6.45. The molecular formula is C26H31FN6O2. The van der Waals surface area contributed by atoms with Crippen molar-refractivity contribution in [1.82, 2.24) is 25.4 Å². The molecule has 2 heterocycles. The molecule has 3 N–H and O–H groups in total. The summed E-state index contributed by atoms with van der Waals surface area (Å²) in [7, 11) is 1.79. The predicted molar refractivity (Wildman–Crippen MR) is 135 cm³/mol. The van der Waals surface area contributed by atoms with Crippen molar-refractivity contribution in [3.8, 4) is 0 Å². The van der Waals surface area contributed by atoms with Crippen molar-refractivity contribution >= 4 is 28.7 Å². The molecule has 35 heavy (non-hydrogen) atoms. The van der Waals surface area contributed by atoms with E-state index in [0.29, 0.717) is 19.6 Å². The van der Waals surface area contributed by atoms with Crippen molar-refractivity contribution < 1.29 is 14.0 Å². The standard InChI is InChI=1S/C26H31FN6O2/c1-18-15-24(22-5-3-4-6-23(22)30-18)31-25(34)28-12-14-33-13-11-21(17-33)32(2)26(35)29-16-19-7-9-20(27)10-8-19/h3-10,15,21H,11-14,16-17H2,1-2H3,(H,29,35)(H2,28,30,31,34). The molecule has 0 saturated carbocycles. The Balaban J connectivity index is 1.19. The average molecular weight is 479 g/mol. The van der Waals surface area contributed by atoms with Gasteiger partial charge in [-0.2, -0.15) is 0 Å². The van der Waals surface area contributed by atoms with Crippen molar-refractivity contribution in [2.75, 3.05) is 38.5 Å². The molecule has 0 bridgehead atoms. The molecule has 4 amide bonds. The van der Waals surface area contributed by atoms with Crippen LogP contribution in [0, 0.1) is 12.7 Å². The van der Waals surface area contributed by atoms with E-state index in [0.717, 1.165) is 47.4 Å². The number of urea groups is 2. The van der Waals surface area contributed by atoms with Gasteiger partial charge in [-0.3, -0.25) is 9.88 Å². The summed E-state index contributed by atoms with van der Waals surface area (Å²) in [6, 6.07) is 15.4. The number of amides is 4. The lowest BCUT2D eigenvalue weighted by Gasteiger charge is -2.25. The molecule has 1 aromatic heterocycles. The Morgan fingerprint density at radius 2 is 1.91 bits per heavy atom. The highest BCUT2D eigenvalue weighted by Crippen LogP contribution is 2.22. The van der Waals surface area contributed by atoms with Crippen LogP contribution in [0.4, 0.5) is 19.7 Å². The minimum Gasteiger partial charge on any atom is -0.337 e. The van der Waals surface area contributed by atoms with Crippen LogP contribution in [0.5, 0.6) is 0 Å². The number of carbonyl (C=O) groups excluding carboxylic acids is 2. The quantitative estimate of drug-likeness (QED) is 0.483. The summed E-state index contributed by atoms with van der Waals surface area (Å²) in [5, 5.41) is 9.64. The monoisotopic (exact) mass is 478 g/mol. The molecule has 0 aliphatic carbocycles. The van der Waals surface area contributed by atoms with Gasteiger partial charge in [0.15, 0.2) is 0 Å². The van der Waals surface area contributed by atoms with Crippen LogP contribution in [0.15, 0.2) is 54.6 Å². The highest BCUT2D eigenvalue weighted by atomic mass is 19.1. The molecule has 8 nitrogen and oxygen atoms in total. The normalized spacial score (nSPS) is 15.7. The topological polar surface area (TPSA) is 89.6 Å². The van der Waals surface area contributed by atoms with Gasteiger partial charge in [-0.05, 0) is 43.2 Å². The molecule has 1 fully saturated rings. The van der Waals surface area contributed by atoms with Gasteiger partial charge in [0.25, 0.3) is 0 Å². The fourth-order valence-electron chi connectivity index (χ4n) is 4.31. The zero-order valence-electron chi connectivity index (χ0n) is 20.1. The number of para-hydroxylation sites is 1. The van der Waals surface area contributed by atoms with Gasteiger partial charge in [-0.15, -0.1) is 0 Å². The molecule has 1 aliphatic rings. The Morgan fingerprint density at radius 3 is 2.71 bits per heavy atom. The molecule has 1 unspecified atom stereocenters. The number of hydrogen-bond acceptors (Lipinski definition) is 4. The van der Waals surface area contributed by atoms with Crippen LogP contribution < -0.4 is 16.0 Å². The summed E-state index contributed by atoms with van der Waals surface area (Å²) in [4.78, 5) is 33.4. The third-order valence-corrected chi connectivity index (χ3v) is 6.28. The number of aromatic nitrogens is 1. The second-order valence-electron chi connectivity index (χ2n) is 8.85. The Kier molecular flexibility index (Phi) is 7.77. The lowest BCUT2D eigenvalue weighted by atomic mass is 10.1. The first-order chi connectivity index (χ1) is 16.9. The highest BCUT2D eigenvalue weighted by Gasteiger charge is 2.28. The Bertz CT molecular complexity index is 1190. The van der Waals surface area contributed by atoms with E-state index in [-0.39, 0.29) is 23.9 Å². The number of likely N-dealkylation sites (tertiary alicyclic amines) is 1. The summed E-state index contributed by atoms with van der Waals surface area (Å²) >= 11 is 0. The van der Waals surface area contributed by atoms with E-state index in [1.54, 1.807) is 24.1 Å². The maximum Gasteiger partial charge on any atom is 0.319 e. The number of pyridine rings is 1. The van der Waals surface area contributed by atoms with E-state index in [2.05, 4.69) is 25.8 Å².